The minimum absolute atomic E-state index is 0.0506. The zero-order valence-electron chi connectivity index (χ0n) is 25.6. The van der Waals surface area contributed by atoms with Crippen molar-refractivity contribution in [1.82, 2.24) is 29.9 Å². The number of aromatic amines is 1. The number of hydrogen-bond donors (Lipinski definition) is 1. The van der Waals surface area contributed by atoms with Crippen LogP contribution in [0.15, 0.2) is 12.1 Å². The van der Waals surface area contributed by atoms with Gasteiger partial charge >= 0.3 is 0 Å². The van der Waals surface area contributed by atoms with Crippen LogP contribution in [-0.2, 0) is 24.8 Å². The summed E-state index contributed by atoms with van der Waals surface area (Å²) < 4.78 is 23.6. The lowest BCUT2D eigenvalue weighted by Crippen LogP contribution is -2.50. The molecule has 1 aromatic carbocycles. The molecule has 222 valence electrons. The van der Waals surface area contributed by atoms with Crippen LogP contribution in [0.25, 0.3) is 22.3 Å². The Balaban J connectivity index is 1.35. The predicted octanol–water partition coefficient (Wildman–Crippen LogP) is 5.59. The highest BCUT2D eigenvalue weighted by Crippen LogP contribution is 2.44. The molecule has 3 aliphatic rings. The molecule has 2 aliphatic heterocycles. The van der Waals surface area contributed by atoms with Crippen LogP contribution >= 0.6 is 0 Å². The summed E-state index contributed by atoms with van der Waals surface area (Å²) in [7, 11) is 1.86. The number of aromatic nitrogens is 6. The molecule has 1 saturated heterocycles. The van der Waals surface area contributed by atoms with Gasteiger partial charge in [0.1, 0.15) is 11.5 Å². The molecule has 1 aliphatic carbocycles. The standard InChI is InChI=1S/C32H41FN8O/c1-7-42-24-13-15-41(17-32(24,4)5)30-21-16-40(31-27(33)28(20-9-10-20)38-39(31)6)14-12-22(21)34-29(35-30)25-18(2)8-11-23-26(25)19(3)36-37-23/h8,11,20,24H,7,9-10,12-17H2,1-6H3,(H,36,37)/t24-/m1/s1. The summed E-state index contributed by atoms with van der Waals surface area (Å²) in [6.07, 6.45) is 3.87. The first-order valence-corrected chi connectivity index (χ1v) is 15.3. The van der Waals surface area contributed by atoms with E-state index in [9.17, 15) is 0 Å². The van der Waals surface area contributed by atoms with Crippen LogP contribution in [0.5, 0.6) is 0 Å². The Hall–Kier alpha value is -3.53. The topological polar surface area (TPSA) is 88.0 Å². The van der Waals surface area contributed by atoms with Crippen molar-refractivity contribution in [2.45, 2.75) is 78.9 Å². The SMILES string of the molecule is CCO[C@@H]1CCN(c2nc(-c3c(C)ccc4n[nH]c(C)c34)nc3c2CN(c2c(F)c(C4CC4)nn2C)CC3)CC1(C)C. The molecular weight excluding hydrogens is 531 g/mol. The Labute approximate surface area is 246 Å². The molecule has 0 bridgehead atoms. The molecule has 7 rings (SSSR count). The quantitative estimate of drug-likeness (QED) is 0.322. The first-order valence-electron chi connectivity index (χ1n) is 15.3. The zero-order valence-corrected chi connectivity index (χ0v) is 25.6. The normalized spacial score (nSPS) is 20.4. The number of benzene rings is 1. The summed E-state index contributed by atoms with van der Waals surface area (Å²) in [6.45, 7) is 14.4. The first-order chi connectivity index (χ1) is 20.2. The van der Waals surface area contributed by atoms with Gasteiger partial charge in [0.15, 0.2) is 17.5 Å². The van der Waals surface area contributed by atoms with Crippen molar-refractivity contribution in [3.63, 3.8) is 0 Å². The molecule has 0 amide bonds. The Morgan fingerprint density at radius 1 is 1.10 bits per heavy atom. The number of H-pyrrole nitrogens is 1. The van der Waals surface area contributed by atoms with E-state index in [-0.39, 0.29) is 23.3 Å². The second-order valence-electron chi connectivity index (χ2n) is 13.0. The van der Waals surface area contributed by atoms with Gasteiger partial charge in [0.05, 0.1) is 17.3 Å². The second-order valence-corrected chi connectivity index (χ2v) is 13.0. The maximum Gasteiger partial charge on any atom is 0.188 e. The molecule has 42 heavy (non-hydrogen) atoms. The van der Waals surface area contributed by atoms with Crippen molar-refractivity contribution in [1.29, 1.82) is 0 Å². The second kappa shape index (κ2) is 10.0. The number of anilines is 2. The van der Waals surface area contributed by atoms with Crippen LogP contribution in [0.2, 0.25) is 0 Å². The van der Waals surface area contributed by atoms with E-state index in [0.29, 0.717) is 37.6 Å². The van der Waals surface area contributed by atoms with E-state index in [0.717, 1.165) is 83.0 Å². The number of halogens is 1. The Morgan fingerprint density at radius 2 is 1.90 bits per heavy atom. The van der Waals surface area contributed by atoms with Gasteiger partial charge in [-0.1, -0.05) is 19.9 Å². The van der Waals surface area contributed by atoms with E-state index in [1.165, 1.54) is 0 Å². The van der Waals surface area contributed by atoms with E-state index in [1.807, 2.05) is 13.1 Å². The van der Waals surface area contributed by atoms with Gasteiger partial charge < -0.3 is 14.5 Å². The average molecular weight is 573 g/mol. The number of hydrogen-bond acceptors (Lipinski definition) is 7. The van der Waals surface area contributed by atoms with Gasteiger partial charge in [0.25, 0.3) is 0 Å². The predicted molar refractivity (Wildman–Crippen MR) is 163 cm³/mol. The highest BCUT2D eigenvalue weighted by Gasteiger charge is 2.39. The highest BCUT2D eigenvalue weighted by molar-refractivity contribution is 5.96. The Bertz CT molecular complexity index is 1670. The van der Waals surface area contributed by atoms with E-state index in [1.54, 1.807) is 4.68 Å². The number of piperidine rings is 1. The third-order valence-electron chi connectivity index (χ3n) is 9.42. The number of nitrogens with one attached hydrogen (secondary N) is 1. The number of ether oxygens (including phenoxy) is 1. The lowest BCUT2D eigenvalue weighted by Gasteiger charge is -2.45. The summed E-state index contributed by atoms with van der Waals surface area (Å²) in [6, 6.07) is 4.15. The van der Waals surface area contributed by atoms with Crippen molar-refractivity contribution >= 4 is 22.5 Å². The lowest BCUT2D eigenvalue weighted by molar-refractivity contribution is -0.0310. The van der Waals surface area contributed by atoms with Crippen LogP contribution in [-0.4, -0.2) is 62.3 Å². The van der Waals surface area contributed by atoms with Crippen LogP contribution in [0.3, 0.4) is 0 Å². The fourth-order valence-electron chi connectivity index (χ4n) is 7.11. The fraction of sp³-hybridized carbons (Fsp3) is 0.562. The average Bonchev–Trinajstić information content (AvgIpc) is 3.67. The number of rotatable bonds is 6. The van der Waals surface area contributed by atoms with Gasteiger partial charge in [-0.15, -0.1) is 0 Å². The molecule has 0 radical (unpaired) electrons. The van der Waals surface area contributed by atoms with Crippen LogP contribution < -0.4 is 9.80 Å². The van der Waals surface area contributed by atoms with Gasteiger partial charge in [-0.25, -0.2) is 19.0 Å². The molecule has 4 aromatic rings. The van der Waals surface area contributed by atoms with E-state index in [4.69, 9.17) is 14.7 Å². The molecule has 10 heteroatoms. The van der Waals surface area contributed by atoms with Crippen molar-refractivity contribution in [3.05, 3.63) is 46.2 Å². The molecule has 9 nitrogen and oxygen atoms in total. The number of aryl methyl sites for hydroxylation is 3. The number of nitrogens with zero attached hydrogens (tertiary/aromatic N) is 7. The minimum atomic E-state index is -0.168. The number of fused-ring (bicyclic) bond motifs is 2. The van der Waals surface area contributed by atoms with E-state index < -0.39 is 0 Å². The first kappa shape index (κ1) is 27.3. The highest BCUT2D eigenvalue weighted by atomic mass is 19.1. The van der Waals surface area contributed by atoms with Gasteiger partial charge in [0.2, 0.25) is 0 Å². The lowest BCUT2D eigenvalue weighted by atomic mass is 9.81. The van der Waals surface area contributed by atoms with Gasteiger partial charge in [-0.2, -0.15) is 10.2 Å². The summed E-state index contributed by atoms with van der Waals surface area (Å²) in [4.78, 5) is 15.1. The molecule has 0 unspecified atom stereocenters. The molecule has 3 aromatic heterocycles. The van der Waals surface area contributed by atoms with Gasteiger partial charge in [-0.3, -0.25) is 5.10 Å². The maximum atomic E-state index is 15.7. The van der Waals surface area contributed by atoms with Crippen LogP contribution in [0, 0.1) is 25.1 Å². The Morgan fingerprint density at radius 3 is 2.64 bits per heavy atom. The van der Waals surface area contributed by atoms with E-state index >= 15 is 4.39 Å². The van der Waals surface area contributed by atoms with Crippen molar-refractivity contribution in [2.75, 3.05) is 36.0 Å². The largest absolute Gasteiger partial charge is 0.378 e. The van der Waals surface area contributed by atoms with Crippen LogP contribution in [0.4, 0.5) is 16.0 Å². The molecule has 0 spiro atoms. The maximum absolute atomic E-state index is 15.7. The molecule has 1 atom stereocenters. The third-order valence-corrected chi connectivity index (χ3v) is 9.42. The van der Waals surface area contributed by atoms with E-state index in [2.05, 4.69) is 65.8 Å². The molecular formula is C32H41FN8O. The van der Waals surface area contributed by atoms with Gasteiger partial charge in [0, 0.05) is 79.8 Å². The van der Waals surface area contributed by atoms with Crippen molar-refractivity contribution < 1.29 is 9.13 Å². The molecule has 2 fully saturated rings. The van der Waals surface area contributed by atoms with Gasteiger partial charge in [-0.05, 0) is 51.7 Å². The van der Waals surface area contributed by atoms with Crippen LogP contribution in [0.1, 0.15) is 74.2 Å². The summed E-state index contributed by atoms with van der Waals surface area (Å²) in [5.74, 6) is 2.35. The minimum Gasteiger partial charge on any atom is -0.378 e. The molecule has 5 heterocycles. The summed E-state index contributed by atoms with van der Waals surface area (Å²) >= 11 is 0. The fourth-order valence-corrected chi connectivity index (χ4v) is 7.11. The molecule has 1 saturated carbocycles. The molecule has 1 N–H and O–H groups in total. The summed E-state index contributed by atoms with van der Waals surface area (Å²) in [5, 5.41) is 13.3. The zero-order chi connectivity index (χ0) is 29.3. The summed E-state index contributed by atoms with van der Waals surface area (Å²) in [5.41, 5.74) is 6.76. The third kappa shape index (κ3) is 4.46. The van der Waals surface area contributed by atoms with Crippen molar-refractivity contribution in [3.8, 4) is 11.4 Å². The van der Waals surface area contributed by atoms with Crippen molar-refractivity contribution in [2.24, 2.45) is 12.5 Å². The smallest absolute Gasteiger partial charge is 0.188 e. The Kier molecular flexibility index (Phi) is 6.53. The monoisotopic (exact) mass is 572 g/mol.